The van der Waals surface area contributed by atoms with Crippen LogP contribution >= 0.6 is 23.7 Å². The summed E-state index contributed by atoms with van der Waals surface area (Å²) < 4.78 is 0. The molecule has 2 atom stereocenters. The predicted octanol–water partition coefficient (Wildman–Crippen LogP) is 2.74. The quantitative estimate of drug-likeness (QED) is 0.898. The molecule has 0 saturated carbocycles. The van der Waals surface area contributed by atoms with Crippen LogP contribution in [-0.2, 0) is 17.8 Å². The number of amides is 1. The van der Waals surface area contributed by atoms with E-state index < -0.39 is 0 Å². The molecule has 0 aromatic carbocycles. The fourth-order valence-corrected chi connectivity index (χ4v) is 3.29. The number of carbonyl (C=O) groups is 1. The zero-order chi connectivity index (χ0) is 13.0. The summed E-state index contributed by atoms with van der Waals surface area (Å²) in [6.07, 6.45) is 2.99. The van der Waals surface area contributed by atoms with Crippen molar-refractivity contribution in [3.8, 4) is 0 Å². The maximum Gasteiger partial charge on any atom is 0.223 e. The molecule has 19 heavy (non-hydrogen) atoms. The Bertz CT molecular complexity index is 408. The van der Waals surface area contributed by atoms with Crippen molar-refractivity contribution in [1.82, 2.24) is 10.6 Å². The van der Waals surface area contributed by atoms with Crippen LogP contribution in [0.25, 0.3) is 0 Å². The first kappa shape index (κ1) is 16.5. The maximum absolute atomic E-state index is 12.1. The number of nitrogens with one attached hydrogen (secondary N) is 2. The number of halogens is 1. The molecule has 3 nitrogen and oxygen atoms in total. The van der Waals surface area contributed by atoms with E-state index in [1.165, 1.54) is 9.75 Å². The summed E-state index contributed by atoms with van der Waals surface area (Å²) in [7, 11) is 0. The fraction of sp³-hybridized carbons (Fsp3) is 0.643. The van der Waals surface area contributed by atoms with E-state index in [0.29, 0.717) is 12.6 Å². The number of thiophene rings is 1. The molecule has 1 saturated heterocycles. The largest absolute Gasteiger partial charge is 0.351 e. The van der Waals surface area contributed by atoms with Crippen LogP contribution in [0.1, 0.15) is 36.4 Å². The van der Waals surface area contributed by atoms with Gasteiger partial charge in [-0.15, -0.1) is 23.7 Å². The van der Waals surface area contributed by atoms with Crippen LogP contribution in [0.5, 0.6) is 0 Å². The molecule has 0 aliphatic carbocycles. The highest BCUT2D eigenvalue weighted by molar-refractivity contribution is 7.11. The lowest BCUT2D eigenvalue weighted by molar-refractivity contribution is -0.126. The van der Waals surface area contributed by atoms with E-state index in [1.807, 2.05) is 0 Å². The van der Waals surface area contributed by atoms with Gasteiger partial charge in [-0.05, 0) is 44.9 Å². The van der Waals surface area contributed by atoms with Crippen molar-refractivity contribution in [2.45, 2.75) is 45.7 Å². The predicted molar refractivity (Wildman–Crippen MR) is 83.0 cm³/mol. The van der Waals surface area contributed by atoms with Gasteiger partial charge in [-0.1, -0.05) is 6.92 Å². The van der Waals surface area contributed by atoms with Crippen molar-refractivity contribution in [3.63, 3.8) is 0 Å². The number of hydrogen-bond donors (Lipinski definition) is 2. The van der Waals surface area contributed by atoms with Crippen LogP contribution in [0, 0.1) is 5.92 Å². The summed E-state index contributed by atoms with van der Waals surface area (Å²) in [6.45, 7) is 5.94. The Kier molecular flexibility index (Phi) is 6.83. The van der Waals surface area contributed by atoms with Gasteiger partial charge in [0.25, 0.3) is 0 Å². The molecule has 1 aromatic rings. The van der Waals surface area contributed by atoms with Gasteiger partial charge in [0, 0.05) is 21.7 Å². The molecule has 0 spiro atoms. The Morgan fingerprint density at radius 1 is 1.47 bits per heavy atom. The Morgan fingerprint density at radius 3 is 2.84 bits per heavy atom. The van der Waals surface area contributed by atoms with E-state index in [2.05, 4.69) is 36.6 Å². The topological polar surface area (TPSA) is 41.1 Å². The Balaban J connectivity index is 0.00000180. The molecule has 2 N–H and O–H groups in total. The molecule has 108 valence electrons. The molecule has 0 unspecified atom stereocenters. The van der Waals surface area contributed by atoms with Crippen molar-refractivity contribution in [2.75, 3.05) is 6.54 Å². The summed E-state index contributed by atoms with van der Waals surface area (Å²) in [5.41, 5.74) is 0. The lowest BCUT2D eigenvalue weighted by Gasteiger charge is -2.27. The van der Waals surface area contributed by atoms with Crippen molar-refractivity contribution >= 4 is 29.7 Å². The Morgan fingerprint density at radius 2 is 2.21 bits per heavy atom. The van der Waals surface area contributed by atoms with E-state index in [1.54, 1.807) is 11.3 Å². The standard InChI is InChI=1S/C14H22N2OS.ClH/c1-3-12-4-5-13(18-12)9-16-14(17)11-6-7-15-10(2)8-11;/h4-5,10-11,15H,3,6-9H2,1-2H3,(H,16,17);1H/t10-,11-;/m0./s1. The first-order chi connectivity index (χ1) is 8.69. The van der Waals surface area contributed by atoms with Crippen LogP contribution in [0.4, 0.5) is 0 Å². The van der Waals surface area contributed by atoms with Gasteiger partial charge in [-0.2, -0.15) is 0 Å². The summed E-state index contributed by atoms with van der Waals surface area (Å²) in [5, 5.41) is 6.44. The number of hydrogen-bond acceptors (Lipinski definition) is 3. The molecule has 1 aliphatic rings. The van der Waals surface area contributed by atoms with Crippen LogP contribution < -0.4 is 10.6 Å². The number of piperidine rings is 1. The lowest BCUT2D eigenvalue weighted by Crippen LogP contribution is -2.42. The summed E-state index contributed by atoms with van der Waals surface area (Å²) in [4.78, 5) is 14.7. The molecule has 0 radical (unpaired) electrons. The lowest BCUT2D eigenvalue weighted by atomic mass is 9.92. The Labute approximate surface area is 125 Å². The molecule has 2 heterocycles. The zero-order valence-electron chi connectivity index (χ0n) is 11.6. The number of carbonyl (C=O) groups excluding carboxylic acids is 1. The number of rotatable bonds is 4. The minimum atomic E-state index is 0. The second-order valence-electron chi connectivity index (χ2n) is 5.02. The molecular formula is C14H23ClN2OS. The fourth-order valence-electron chi connectivity index (χ4n) is 2.40. The van der Waals surface area contributed by atoms with Crippen LogP contribution in [0.15, 0.2) is 12.1 Å². The molecule has 1 fully saturated rings. The van der Waals surface area contributed by atoms with E-state index in [-0.39, 0.29) is 24.2 Å². The van der Waals surface area contributed by atoms with Gasteiger partial charge >= 0.3 is 0 Å². The van der Waals surface area contributed by atoms with Crippen molar-refractivity contribution in [3.05, 3.63) is 21.9 Å². The normalized spacial score (nSPS) is 22.6. The highest BCUT2D eigenvalue weighted by Crippen LogP contribution is 2.18. The first-order valence-electron chi connectivity index (χ1n) is 6.77. The zero-order valence-corrected chi connectivity index (χ0v) is 13.2. The van der Waals surface area contributed by atoms with E-state index in [4.69, 9.17) is 0 Å². The van der Waals surface area contributed by atoms with Gasteiger partial charge < -0.3 is 10.6 Å². The average molecular weight is 303 g/mol. The third-order valence-corrected chi connectivity index (χ3v) is 4.73. The molecule has 2 rings (SSSR count). The average Bonchev–Trinajstić information content (AvgIpc) is 2.84. The summed E-state index contributed by atoms with van der Waals surface area (Å²) in [6, 6.07) is 4.73. The van der Waals surface area contributed by atoms with Gasteiger partial charge in [0.15, 0.2) is 0 Å². The minimum absolute atomic E-state index is 0. The second kappa shape index (κ2) is 7.88. The molecule has 1 aromatic heterocycles. The van der Waals surface area contributed by atoms with E-state index >= 15 is 0 Å². The second-order valence-corrected chi connectivity index (χ2v) is 6.27. The monoisotopic (exact) mass is 302 g/mol. The van der Waals surface area contributed by atoms with Crippen molar-refractivity contribution in [1.29, 1.82) is 0 Å². The highest BCUT2D eigenvalue weighted by Gasteiger charge is 2.24. The van der Waals surface area contributed by atoms with Gasteiger partial charge in [-0.3, -0.25) is 4.79 Å². The first-order valence-corrected chi connectivity index (χ1v) is 7.59. The third kappa shape index (κ3) is 4.79. The van der Waals surface area contributed by atoms with Gasteiger partial charge in [0.05, 0.1) is 6.54 Å². The van der Waals surface area contributed by atoms with Crippen molar-refractivity contribution in [2.24, 2.45) is 5.92 Å². The van der Waals surface area contributed by atoms with Gasteiger partial charge in [0.1, 0.15) is 0 Å². The van der Waals surface area contributed by atoms with Gasteiger partial charge in [-0.25, -0.2) is 0 Å². The van der Waals surface area contributed by atoms with Crippen LogP contribution in [-0.4, -0.2) is 18.5 Å². The van der Waals surface area contributed by atoms with E-state index in [0.717, 1.165) is 25.8 Å². The summed E-state index contributed by atoms with van der Waals surface area (Å²) in [5.74, 6) is 0.404. The van der Waals surface area contributed by atoms with E-state index in [9.17, 15) is 4.79 Å². The highest BCUT2D eigenvalue weighted by atomic mass is 35.5. The third-order valence-electron chi connectivity index (χ3n) is 3.50. The maximum atomic E-state index is 12.1. The smallest absolute Gasteiger partial charge is 0.223 e. The molecule has 1 aliphatic heterocycles. The molecular weight excluding hydrogens is 280 g/mol. The summed E-state index contributed by atoms with van der Waals surface area (Å²) >= 11 is 1.79. The molecule has 1 amide bonds. The number of aryl methyl sites for hydroxylation is 1. The van der Waals surface area contributed by atoms with Crippen LogP contribution in [0.2, 0.25) is 0 Å². The minimum Gasteiger partial charge on any atom is -0.351 e. The van der Waals surface area contributed by atoms with Crippen LogP contribution in [0.3, 0.4) is 0 Å². The molecule has 5 heteroatoms. The van der Waals surface area contributed by atoms with Gasteiger partial charge in [0.2, 0.25) is 5.91 Å². The molecule has 0 bridgehead atoms. The van der Waals surface area contributed by atoms with Crippen molar-refractivity contribution < 1.29 is 4.79 Å². The Hall–Kier alpha value is -0.580. The SMILES string of the molecule is CCc1ccc(CNC(=O)[C@H]2CCN[C@@H](C)C2)s1.Cl.